The average Bonchev–Trinajstić information content (AvgIpc) is 2.20. The van der Waals surface area contributed by atoms with E-state index in [4.69, 9.17) is 0 Å². The average molecular weight is 241 g/mol. The molecule has 0 aliphatic rings. The zero-order valence-corrected chi connectivity index (χ0v) is 10.5. The number of phenols is 1. The second-order valence-corrected chi connectivity index (χ2v) is 5.03. The lowest BCUT2D eigenvalue weighted by Gasteiger charge is -2.22. The molecule has 16 heavy (non-hydrogen) atoms. The van der Waals surface area contributed by atoms with E-state index in [9.17, 15) is 10.2 Å². The maximum absolute atomic E-state index is 9.92. The van der Waals surface area contributed by atoms with E-state index in [1.807, 2.05) is 18.4 Å². The first-order valence-electron chi connectivity index (χ1n) is 5.24. The summed E-state index contributed by atoms with van der Waals surface area (Å²) in [5, 5.41) is 22.6. The van der Waals surface area contributed by atoms with Gasteiger partial charge in [-0.25, -0.2) is 0 Å². The van der Waals surface area contributed by atoms with Gasteiger partial charge < -0.3 is 15.5 Å². The minimum atomic E-state index is -0.705. The Bertz CT molecular complexity index is 329. The second-order valence-electron chi connectivity index (χ2n) is 4.16. The Labute approximate surface area is 101 Å². The fourth-order valence-electron chi connectivity index (χ4n) is 1.49. The number of phenolic OH excluding ortho intramolecular Hbond substituents is 1. The summed E-state index contributed by atoms with van der Waals surface area (Å²) >= 11 is 1.62. The lowest BCUT2D eigenvalue weighted by molar-refractivity contribution is 0.0845. The molecule has 0 radical (unpaired) electrons. The molecule has 3 nitrogen and oxygen atoms in total. The van der Waals surface area contributed by atoms with Crippen molar-refractivity contribution in [3.05, 3.63) is 29.8 Å². The van der Waals surface area contributed by atoms with Gasteiger partial charge in [-0.2, -0.15) is 11.8 Å². The van der Waals surface area contributed by atoms with Crippen LogP contribution < -0.4 is 5.32 Å². The third-order valence-electron chi connectivity index (χ3n) is 2.27. The van der Waals surface area contributed by atoms with Gasteiger partial charge in [0.15, 0.2) is 0 Å². The first kappa shape index (κ1) is 13.4. The Morgan fingerprint density at radius 3 is 2.69 bits per heavy atom. The van der Waals surface area contributed by atoms with Gasteiger partial charge in [-0.1, -0.05) is 18.2 Å². The van der Waals surface area contributed by atoms with Crippen molar-refractivity contribution in [3.63, 3.8) is 0 Å². The van der Waals surface area contributed by atoms with Gasteiger partial charge in [0, 0.05) is 24.4 Å². The molecule has 4 heteroatoms. The van der Waals surface area contributed by atoms with Gasteiger partial charge in [0.05, 0.1) is 5.60 Å². The number of aromatic hydroxyl groups is 1. The van der Waals surface area contributed by atoms with Crippen LogP contribution in [0.25, 0.3) is 0 Å². The molecular weight excluding hydrogens is 222 g/mol. The summed E-state index contributed by atoms with van der Waals surface area (Å²) in [5.74, 6) is 0.986. The summed E-state index contributed by atoms with van der Waals surface area (Å²) < 4.78 is 0. The molecule has 0 saturated carbocycles. The number of hydrogen-bond donors (Lipinski definition) is 3. The summed E-state index contributed by atoms with van der Waals surface area (Å²) in [6.07, 6.45) is 1.97. The van der Waals surface area contributed by atoms with Crippen LogP contribution in [0.5, 0.6) is 5.75 Å². The number of thioether (sulfide) groups is 1. The topological polar surface area (TPSA) is 52.5 Å². The molecule has 0 saturated heterocycles. The predicted molar refractivity (Wildman–Crippen MR) is 68.8 cm³/mol. The predicted octanol–water partition coefficient (Wildman–Crippen LogP) is 1.60. The molecular formula is C12H19NO2S. The molecule has 1 atom stereocenters. The van der Waals surface area contributed by atoms with Crippen molar-refractivity contribution in [2.75, 3.05) is 18.6 Å². The molecule has 0 aliphatic carbocycles. The number of rotatable bonds is 6. The van der Waals surface area contributed by atoms with Crippen LogP contribution in [0.15, 0.2) is 24.3 Å². The van der Waals surface area contributed by atoms with Gasteiger partial charge in [0.25, 0.3) is 0 Å². The molecule has 0 fully saturated rings. The summed E-state index contributed by atoms with van der Waals surface area (Å²) in [6, 6.07) is 7.21. The molecule has 1 aromatic carbocycles. The summed E-state index contributed by atoms with van der Waals surface area (Å²) in [7, 11) is 0. The van der Waals surface area contributed by atoms with Crippen LogP contribution in [0.2, 0.25) is 0 Å². The van der Waals surface area contributed by atoms with E-state index in [1.165, 1.54) is 0 Å². The maximum Gasteiger partial charge on any atom is 0.120 e. The molecule has 0 bridgehead atoms. The lowest BCUT2D eigenvalue weighted by atomic mass is 10.1. The van der Waals surface area contributed by atoms with Gasteiger partial charge in [-0.15, -0.1) is 0 Å². The van der Waals surface area contributed by atoms with Crippen molar-refractivity contribution in [2.24, 2.45) is 0 Å². The van der Waals surface area contributed by atoms with E-state index in [2.05, 4.69) is 5.32 Å². The van der Waals surface area contributed by atoms with Crippen LogP contribution in [0.4, 0.5) is 0 Å². The van der Waals surface area contributed by atoms with Crippen molar-refractivity contribution in [3.8, 4) is 5.75 Å². The summed E-state index contributed by atoms with van der Waals surface area (Å²) in [5.41, 5.74) is 0.145. The lowest BCUT2D eigenvalue weighted by Crippen LogP contribution is -2.39. The quantitative estimate of drug-likeness (QED) is 0.708. The van der Waals surface area contributed by atoms with Crippen molar-refractivity contribution in [1.82, 2.24) is 5.32 Å². The Morgan fingerprint density at radius 1 is 1.38 bits per heavy atom. The zero-order chi connectivity index (χ0) is 12.0. The maximum atomic E-state index is 9.92. The summed E-state index contributed by atoms with van der Waals surface area (Å²) in [4.78, 5) is 0. The zero-order valence-electron chi connectivity index (χ0n) is 9.73. The van der Waals surface area contributed by atoms with Crippen LogP contribution in [0, 0.1) is 0 Å². The van der Waals surface area contributed by atoms with Gasteiger partial charge in [0.2, 0.25) is 0 Å². The fourth-order valence-corrected chi connectivity index (χ4v) is 2.21. The monoisotopic (exact) mass is 241 g/mol. The van der Waals surface area contributed by atoms with E-state index < -0.39 is 5.60 Å². The summed E-state index contributed by atoms with van der Waals surface area (Å²) in [6.45, 7) is 2.89. The normalized spacial score (nSPS) is 14.7. The van der Waals surface area contributed by atoms with Crippen LogP contribution in [0.3, 0.4) is 0 Å². The van der Waals surface area contributed by atoms with E-state index in [0.717, 1.165) is 5.56 Å². The Hall–Kier alpha value is -0.710. The van der Waals surface area contributed by atoms with Crippen molar-refractivity contribution in [1.29, 1.82) is 0 Å². The number of hydrogen-bond acceptors (Lipinski definition) is 4. The van der Waals surface area contributed by atoms with Crippen LogP contribution in [-0.2, 0) is 6.54 Å². The van der Waals surface area contributed by atoms with Crippen LogP contribution in [-0.4, -0.2) is 34.4 Å². The Morgan fingerprint density at radius 2 is 2.06 bits per heavy atom. The number of para-hydroxylation sites is 1. The van der Waals surface area contributed by atoms with Gasteiger partial charge in [0.1, 0.15) is 5.75 Å². The third kappa shape index (κ3) is 4.43. The highest BCUT2D eigenvalue weighted by atomic mass is 32.2. The largest absolute Gasteiger partial charge is 0.508 e. The van der Waals surface area contributed by atoms with Crippen LogP contribution >= 0.6 is 11.8 Å². The van der Waals surface area contributed by atoms with Crippen molar-refractivity contribution in [2.45, 2.75) is 19.1 Å². The van der Waals surface area contributed by atoms with Crippen molar-refractivity contribution >= 4 is 11.8 Å². The second kappa shape index (κ2) is 6.13. The van der Waals surface area contributed by atoms with Gasteiger partial charge in [-0.3, -0.25) is 0 Å². The molecule has 1 aromatic rings. The molecule has 0 aliphatic heterocycles. The van der Waals surface area contributed by atoms with Crippen LogP contribution in [0.1, 0.15) is 12.5 Å². The van der Waals surface area contributed by atoms with E-state index >= 15 is 0 Å². The molecule has 0 spiro atoms. The molecule has 0 aromatic heterocycles. The first-order chi connectivity index (χ1) is 7.55. The van der Waals surface area contributed by atoms with E-state index in [0.29, 0.717) is 24.6 Å². The third-order valence-corrected chi connectivity index (χ3v) is 3.18. The number of aliphatic hydroxyl groups is 1. The molecule has 3 N–H and O–H groups in total. The highest BCUT2D eigenvalue weighted by Gasteiger charge is 2.18. The molecule has 0 heterocycles. The molecule has 1 rings (SSSR count). The highest BCUT2D eigenvalue weighted by molar-refractivity contribution is 7.98. The Kier molecular flexibility index (Phi) is 5.12. The molecule has 1 unspecified atom stereocenters. The Balaban J connectivity index is 2.39. The minimum Gasteiger partial charge on any atom is -0.508 e. The fraction of sp³-hybridized carbons (Fsp3) is 0.500. The standard InChI is InChI=1S/C12H19NO2S/c1-12(15,9-16-2)8-13-7-10-5-3-4-6-11(10)14/h3-6,13-15H,7-9H2,1-2H3. The van der Waals surface area contributed by atoms with Gasteiger partial charge in [-0.05, 0) is 19.2 Å². The molecule has 0 amide bonds. The highest BCUT2D eigenvalue weighted by Crippen LogP contribution is 2.15. The number of benzene rings is 1. The first-order valence-corrected chi connectivity index (χ1v) is 6.63. The van der Waals surface area contributed by atoms with Crippen molar-refractivity contribution < 1.29 is 10.2 Å². The minimum absolute atomic E-state index is 0.291. The number of nitrogens with one attached hydrogen (secondary N) is 1. The SMILES string of the molecule is CSCC(C)(O)CNCc1ccccc1O. The van der Waals surface area contributed by atoms with E-state index in [1.54, 1.807) is 30.8 Å². The molecule has 90 valence electrons. The smallest absolute Gasteiger partial charge is 0.120 e. The van der Waals surface area contributed by atoms with Gasteiger partial charge >= 0.3 is 0 Å². The van der Waals surface area contributed by atoms with E-state index in [-0.39, 0.29) is 0 Å².